The Balaban J connectivity index is 2.03. The van der Waals surface area contributed by atoms with Crippen molar-refractivity contribution in [2.75, 3.05) is 6.54 Å². The highest BCUT2D eigenvalue weighted by Crippen LogP contribution is 2.04. The molecule has 0 saturated heterocycles. The minimum Gasteiger partial charge on any atom is -0.326 e. The first-order valence-corrected chi connectivity index (χ1v) is 6.41. The Labute approximate surface area is 107 Å². The third-order valence-corrected chi connectivity index (χ3v) is 2.88. The molecule has 0 aliphatic rings. The van der Waals surface area contributed by atoms with Crippen molar-refractivity contribution >= 4 is 0 Å². The number of nitrogens with zero attached hydrogens (tertiary/aromatic N) is 5. The number of imidazole rings is 1. The highest BCUT2D eigenvalue weighted by molar-refractivity contribution is 5.01. The van der Waals surface area contributed by atoms with Crippen LogP contribution in [-0.2, 0) is 19.6 Å². The van der Waals surface area contributed by atoms with E-state index in [0.717, 1.165) is 38.4 Å². The van der Waals surface area contributed by atoms with Crippen molar-refractivity contribution in [1.82, 2.24) is 29.6 Å². The summed E-state index contributed by atoms with van der Waals surface area (Å²) in [5.74, 6) is 0.965. The lowest BCUT2D eigenvalue weighted by molar-refractivity contribution is 0.601. The molecular formula is C12H20N6. The van der Waals surface area contributed by atoms with Gasteiger partial charge in [-0.1, -0.05) is 6.92 Å². The summed E-state index contributed by atoms with van der Waals surface area (Å²) in [5, 5.41) is 11.5. The number of hydrogen-bond donors (Lipinski definition) is 1. The summed E-state index contributed by atoms with van der Waals surface area (Å²) in [6, 6.07) is 0. The molecule has 0 amide bonds. The first-order chi connectivity index (χ1) is 8.85. The second-order valence-corrected chi connectivity index (χ2v) is 4.22. The Hall–Kier alpha value is -1.69. The molecule has 0 unspecified atom stereocenters. The van der Waals surface area contributed by atoms with Crippen molar-refractivity contribution in [2.45, 2.75) is 39.9 Å². The molecule has 6 heteroatoms. The minimum atomic E-state index is 0.719. The van der Waals surface area contributed by atoms with Gasteiger partial charge in [0.15, 0.2) is 5.82 Å². The van der Waals surface area contributed by atoms with E-state index in [1.54, 1.807) is 6.33 Å². The van der Waals surface area contributed by atoms with Crippen molar-refractivity contribution in [3.8, 4) is 0 Å². The number of hydrogen-bond acceptors (Lipinski definition) is 4. The molecule has 1 N–H and O–H groups in total. The zero-order valence-corrected chi connectivity index (χ0v) is 11.0. The fourth-order valence-electron chi connectivity index (χ4n) is 1.85. The molecule has 0 radical (unpaired) electrons. The van der Waals surface area contributed by atoms with Gasteiger partial charge in [-0.3, -0.25) is 0 Å². The van der Waals surface area contributed by atoms with Crippen LogP contribution in [0.25, 0.3) is 0 Å². The highest BCUT2D eigenvalue weighted by Gasteiger charge is 2.07. The molecule has 0 fully saturated rings. The Kier molecular flexibility index (Phi) is 4.46. The Morgan fingerprint density at radius 1 is 1.22 bits per heavy atom. The molecule has 0 aromatic carbocycles. The second-order valence-electron chi connectivity index (χ2n) is 4.22. The molecule has 2 aromatic rings. The second kappa shape index (κ2) is 6.30. The van der Waals surface area contributed by atoms with Gasteiger partial charge in [0.2, 0.25) is 0 Å². The van der Waals surface area contributed by atoms with E-state index in [4.69, 9.17) is 0 Å². The molecule has 0 bridgehead atoms. The smallest absolute Gasteiger partial charge is 0.152 e. The van der Waals surface area contributed by atoms with Gasteiger partial charge in [-0.15, -0.1) is 10.2 Å². The van der Waals surface area contributed by atoms with E-state index < -0.39 is 0 Å². The molecule has 6 nitrogen and oxygen atoms in total. The van der Waals surface area contributed by atoms with Gasteiger partial charge < -0.3 is 14.5 Å². The first-order valence-electron chi connectivity index (χ1n) is 6.41. The molecule has 98 valence electrons. The van der Waals surface area contributed by atoms with Crippen LogP contribution in [0, 0.1) is 0 Å². The molecule has 0 atom stereocenters. The minimum absolute atomic E-state index is 0.719. The van der Waals surface area contributed by atoms with Crippen LogP contribution in [0.2, 0.25) is 0 Å². The van der Waals surface area contributed by atoms with Crippen LogP contribution in [0.15, 0.2) is 18.9 Å². The maximum absolute atomic E-state index is 4.20. The summed E-state index contributed by atoms with van der Waals surface area (Å²) < 4.78 is 4.15. The normalized spacial score (nSPS) is 11.0. The molecule has 0 saturated carbocycles. The van der Waals surface area contributed by atoms with E-state index in [0.29, 0.717) is 0 Å². The summed E-state index contributed by atoms with van der Waals surface area (Å²) in [6.07, 6.45) is 6.65. The number of aryl methyl sites for hydroxylation is 1. The van der Waals surface area contributed by atoms with Gasteiger partial charge in [0.25, 0.3) is 0 Å². The van der Waals surface area contributed by atoms with Crippen LogP contribution in [-0.4, -0.2) is 30.9 Å². The van der Waals surface area contributed by atoms with Gasteiger partial charge in [-0.25, -0.2) is 4.98 Å². The maximum atomic E-state index is 4.20. The highest BCUT2D eigenvalue weighted by atomic mass is 15.3. The number of nitrogens with one attached hydrogen (secondary N) is 1. The van der Waals surface area contributed by atoms with E-state index in [-0.39, 0.29) is 0 Å². The average Bonchev–Trinajstić information content (AvgIpc) is 3.00. The molecule has 2 heterocycles. The SMILES string of the molecule is CCCNCc1cncn1Cc1nncn1CC. The van der Waals surface area contributed by atoms with Gasteiger partial charge in [0, 0.05) is 19.3 Å². The summed E-state index contributed by atoms with van der Waals surface area (Å²) in [7, 11) is 0. The fraction of sp³-hybridized carbons (Fsp3) is 0.583. The van der Waals surface area contributed by atoms with E-state index in [1.165, 1.54) is 5.69 Å². The van der Waals surface area contributed by atoms with Gasteiger partial charge in [-0.2, -0.15) is 0 Å². The summed E-state index contributed by atoms with van der Waals surface area (Å²) >= 11 is 0. The summed E-state index contributed by atoms with van der Waals surface area (Å²) in [5.41, 5.74) is 1.18. The van der Waals surface area contributed by atoms with Crippen LogP contribution in [0.1, 0.15) is 31.8 Å². The largest absolute Gasteiger partial charge is 0.326 e. The van der Waals surface area contributed by atoms with Crippen LogP contribution in [0.4, 0.5) is 0 Å². The first kappa shape index (κ1) is 12.8. The topological polar surface area (TPSA) is 60.6 Å². The van der Waals surface area contributed by atoms with Gasteiger partial charge >= 0.3 is 0 Å². The van der Waals surface area contributed by atoms with Crippen molar-refractivity contribution < 1.29 is 0 Å². The molecule has 2 rings (SSSR count). The predicted octanol–water partition coefficient (Wildman–Crippen LogP) is 1.04. The lowest BCUT2D eigenvalue weighted by Gasteiger charge is -2.09. The summed E-state index contributed by atoms with van der Waals surface area (Å²) in [4.78, 5) is 4.20. The number of aromatic nitrogens is 5. The van der Waals surface area contributed by atoms with Crippen molar-refractivity contribution in [2.24, 2.45) is 0 Å². The predicted molar refractivity (Wildman–Crippen MR) is 69.0 cm³/mol. The van der Waals surface area contributed by atoms with Crippen molar-refractivity contribution in [3.63, 3.8) is 0 Å². The Morgan fingerprint density at radius 3 is 2.89 bits per heavy atom. The maximum Gasteiger partial charge on any atom is 0.152 e. The van der Waals surface area contributed by atoms with Crippen LogP contribution in [0.5, 0.6) is 0 Å². The standard InChI is InChI=1S/C12H20N6/c1-3-5-13-6-11-7-14-9-18(11)8-12-16-15-10-17(12)4-2/h7,9-10,13H,3-6,8H2,1-2H3. The van der Waals surface area contributed by atoms with Gasteiger partial charge in [0.05, 0.1) is 18.6 Å². The Morgan fingerprint density at radius 2 is 2.11 bits per heavy atom. The van der Waals surface area contributed by atoms with E-state index in [2.05, 4.69) is 38.9 Å². The fourth-order valence-corrected chi connectivity index (χ4v) is 1.85. The lowest BCUT2D eigenvalue weighted by Crippen LogP contribution is -2.17. The van der Waals surface area contributed by atoms with Crippen molar-refractivity contribution in [3.05, 3.63) is 30.4 Å². The van der Waals surface area contributed by atoms with E-state index >= 15 is 0 Å². The van der Waals surface area contributed by atoms with Crippen LogP contribution >= 0.6 is 0 Å². The molecular weight excluding hydrogens is 228 g/mol. The third kappa shape index (κ3) is 2.95. The van der Waals surface area contributed by atoms with Gasteiger partial charge in [-0.05, 0) is 19.9 Å². The lowest BCUT2D eigenvalue weighted by atomic mass is 10.4. The average molecular weight is 248 g/mol. The Bertz CT molecular complexity index is 472. The van der Waals surface area contributed by atoms with E-state index in [9.17, 15) is 0 Å². The zero-order chi connectivity index (χ0) is 12.8. The molecule has 0 aliphatic heterocycles. The van der Waals surface area contributed by atoms with E-state index in [1.807, 2.05) is 17.1 Å². The number of rotatable bonds is 7. The third-order valence-electron chi connectivity index (χ3n) is 2.88. The molecule has 0 aliphatic carbocycles. The van der Waals surface area contributed by atoms with Crippen molar-refractivity contribution in [1.29, 1.82) is 0 Å². The monoisotopic (exact) mass is 248 g/mol. The van der Waals surface area contributed by atoms with Gasteiger partial charge in [0.1, 0.15) is 6.33 Å². The van der Waals surface area contributed by atoms with Crippen LogP contribution < -0.4 is 5.32 Å². The van der Waals surface area contributed by atoms with Crippen LogP contribution in [0.3, 0.4) is 0 Å². The zero-order valence-electron chi connectivity index (χ0n) is 11.0. The molecule has 0 spiro atoms. The molecule has 18 heavy (non-hydrogen) atoms. The quantitative estimate of drug-likeness (QED) is 0.744. The summed E-state index contributed by atoms with van der Waals surface area (Å²) in [6.45, 7) is 7.72. The molecule has 2 aromatic heterocycles.